The van der Waals surface area contributed by atoms with E-state index in [1.807, 2.05) is 51.1 Å². The van der Waals surface area contributed by atoms with Gasteiger partial charge in [-0.05, 0) is 87.4 Å². The molecule has 4 aromatic rings. The lowest BCUT2D eigenvalue weighted by molar-refractivity contribution is 0.411. The Morgan fingerprint density at radius 1 is 0.722 bits per heavy atom. The molecule has 0 unspecified atom stereocenters. The van der Waals surface area contributed by atoms with Crippen molar-refractivity contribution >= 4 is 38.9 Å². The monoisotopic (exact) mass is 503 g/mol. The molecule has 3 N–H and O–H groups in total. The lowest BCUT2D eigenvalue weighted by Crippen LogP contribution is -2.15. The van der Waals surface area contributed by atoms with Gasteiger partial charge < -0.3 is 15.4 Å². The molecule has 3 aromatic carbocycles. The van der Waals surface area contributed by atoms with Crippen molar-refractivity contribution in [2.75, 3.05) is 22.5 Å². The average molecular weight is 504 g/mol. The minimum atomic E-state index is -3.77. The average Bonchev–Trinajstić information content (AvgIpc) is 2.83. The van der Waals surface area contributed by atoms with Crippen LogP contribution in [0.25, 0.3) is 0 Å². The molecule has 0 saturated heterocycles. The number of sulfonamides is 1. The first-order valence-electron chi connectivity index (χ1n) is 11.4. The molecule has 0 atom stereocenters. The highest BCUT2D eigenvalue weighted by Crippen LogP contribution is 2.28. The molecular weight excluding hydrogens is 474 g/mol. The minimum absolute atomic E-state index is 0.213. The van der Waals surface area contributed by atoms with Gasteiger partial charge in [0.25, 0.3) is 10.0 Å². The summed E-state index contributed by atoms with van der Waals surface area (Å²) in [4.78, 5) is 9.21. The maximum atomic E-state index is 13.0. The van der Waals surface area contributed by atoms with E-state index in [1.54, 1.807) is 50.4 Å². The number of ether oxygens (including phenoxy) is 1. The number of nitrogens with zero attached hydrogens (tertiary/aromatic N) is 2. The highest BCUT2D eigenvalue weighted by atomic mass is 32.2. The minimum Gasteiger partial charge on any atom is -0.496 e. The molecule has 0 fully saturated rings. The number of nitrogens with one attached hydrogen (secondary N) is 3. The summed E-state index contributed by atoms with van der Waals surface area (Å²) >= 11 is 0. The maximum absolute atomic E-state index is 13.0. The summed E-state index contributed by atoms with van der Waals surface area (Å²) in [7, 11) is -2.20. The Morgan fingerprint density at radius 2 is 1.33 bits per heavy atom. The van der Waals surface area contributed by atoms with Crippen molar-refractivity contribution in [3.05, 3.63) is 89.1 Å². The number of hydrogen-bond acceptors (Lipinski definition) is 7. The fraction of sp³-hybridized carbons (Fsp3) is 0.185. The zero-order valence-electron chi connectivity index (χ0n) is 20.9. The molecular formula is C27H29N5O3S. The van der Waals surface area contributed by atoms with Crippen LogP contribution in [0.3, 0.4) is 0 Å². The standard InChI is InChI=1S/C27H29N5O3S/c1-17-6-8-21(9-7-17)29-26-16-18(2)28-27(31-26)30-22-10-12-23(13-11-22)32-36(33,34)25-15-14-24(35-5)19(3)20(25)4/h6-16,32H,1-5H3,(H2,28,29,30,31). The Balaban J connectivity index is 1.48. The van der Waals surface area contributed by atoms with Gasteiger partial charge in [-0.3, -0.25) is 4.72 Å². The molecule has 0 spiro atoms. The molecule has 0 saturated carbocycles. The number of anilines is 5. The first-order valence-corrected chi connectivity index (χ1v) is 12.9. The first kappa shape index (κ1) is 25.0. The number of aromatic nitrogens is 2. The van der Waals surface area contributed by atoms with Crippen LogP contribution in [0.5, 0.6) is 5.75 Å². The second-order valence-corrected chi connectivity index (χ2v) is 10.2. The van der Waals surface area contributed by atoms with E-state index in [0.29, 0.717) is 28.8 Å². The molecule has 4 rings (SSSR count). The van der Waals surface area contributed by atoms with Crippen molar-refractivity contribution in [1.29, 1.82) is 0 Å². The van der Waals surface area contributed by atoms with Crippen LogP contribution in [0.4, 0.5) is 28.8 Å². The van der Waals surface area contributed by atoms with Gasteiger partial charge in [0.05, 0.1) is 12.0 Å². The fourth-order valence-corrected chi connectivity index (χ4v) is 5.08. The molecule has 0 aliphatic heterocycles. The topological polar surface area (TPSA) is 105 Å². The van der Waals surface area contributed by atoms with Crippen molar-refractivity contribution in [2.24, 2.45) is 0 Å². The second kappa shape index (κ2) is 10.2. The Morgan fingerprint density at radius 3 is 2.00 bits per heavy atom. The van der Waals surface area contributed by atoms with E-state index in [4.69, 9.17) is 4.74 Å². The predicted molar refractivity (Wildman–Crippen MR) is 144 cm³/mol. The number of benzene rings is 3. The number of methoxy groups -OCH3 is 1. The molecule has 36 heavy (non-hydrogen) atoms. The summed E-state index contributed by atoms with van der Waals surface area (Å²) < 4.78 is 33.9. The Hall–Kier alpha value is -4.11. The lowest BCUT2D eigenvalue weighted by Gasteiger charge is -2.15. The van der Waals surface area contributed by atoms with Crippen LogP contribution < -0.4 is 20.1 Å². The highest BCUT2D eigenvalue weighted by molar-refractivity contribution is 7.92. The third kappa shape index (κ3) is 5.75. The molecule has 8 nitrogen and oxygen atoms in total. The van der Waals surface area contributed by atoms with Gasteiger partial charge in [-0.2, -0.15) is 4.98 Å². The zero-order valence-corrected chi connectivity index (χ0v) is 21.7. The summed E-state index contributed by atoms with van der Waals surface area (Å²) in [5, 5.41) is 6.47. The van der Waals surface area contributed by atoms with E-state index in [0.717, 1.165) is 22.6 Å². The molecule has 0 radical (unpaired) electrons. The van der Waals surface area contributed by atoms with Crippen molar-refractivity contribution in [3.8, 4) is 5.75 Å². The van der Waals surface area contributed by atoms with Gasteiger partial charge in [-0.15, -0.1) is 0 Å². The zero-order chi connectivity index (χ0) is 25.9. The van der Waals surface area contributed by atoms with Gasteiger partial charge in [0.1, 0.15) is 11.6 Å². The first-order chi connectivity index (χ1) is 17.1. The van der Waals surface area contributed by atoms with Gasteiger partial charge in [-0.1, -0.05) is 17.7 Å². The summed E-state index contributed by atoms with van der Waals surface area (Å²) in [5.41, 5.74) is 5.52. The van der Waals surface area contributed by atoms with E-state index >= 15 is 0 Å². The summed E-state index contributed by atoms with van der Waals surface area (Å²) in [6.07, 6.45) is 0. The molecule has 9 heteroatoms. The van der Waals surface area contributed by atoms with Crippen LogP contribution in [0.15, 0.2) is 71.6 Å². The molecule has 0 bridgehead atoms. The largest absolute Gasteiger partial charge is 0.496 e. The highest BCUT2D eigenvalue weighted by Gasteiger charge is 2.19. The van der Waals surface area contributed by atoms with Crippen molar-refractivity contribution in [2.45, 2.75) is 32.6 Å². The van der Waals surface area contributed by atoms with Crippen molar-refractivity contribution in [1.82, 2.24) is 9.97 Å². The second-order valence-electron chi connectivity index (χ2n) is 8.53. The number of aryl methyl sites for hydroxylation is 2. The molecule has 186 valence electrons. The van der Waals surface area contributed by atoms with Crippen molar-refractivity contribution < 1.29 is 13.2 Å². The van der Waals surface area contributed by atoms with Crippen LogP contribution in [-0.4, -0.2) is 25.5 Å². The summed E-state index contributed by atoms with van der Waals surface area (Å²) in [6.45, 7) is 7.54. The van der Waals surface area contributed by atoms with Crippen molar-refractivity contribution in [3.63, 3.8) is 0 Å². The van der Waals surface area contributed by atoms with E-state index in [9.17, 15) is 8.42 Å². The van der Waals surface area contributed by atoms with Crippen LogP contribution in [0, 0.1) is 27.7 Å². The molecule has 1 aromatic heterocycles. The fourth-order valence-electron chi connectivity index (χ4n) is 3.72. The maximum Gasteiger partial charge on any atom is 0.262 e. The normalized spacial score (nSPS) is 11.1. The van der Waals surface area contributed by atoms with Gasteiger partial charge in [0.15, 0.2) is 0 Å². The molecule has 0 amide bonds. The summed E-state index contributed by atoms with van der Waals surface area (Å²) in [6, 6.07) is 20.0. The smallest absolute Gasteiger partial charge is 0.262 e. The van der Waals surface area contributed by atoms with Crippen LogP contribution in [0.2, 0.25) is 0 Å². The Kier molecular flexibility index (Phi) is 7.12. The third-order valence-electron chi connectivity index (χ3n) is 5.77. The predicted octanol–water partition coefficient (Wildman–Crippen LogP) is 6.01. The Labute approximate surface area is 211 Å². The molecule has 0 aliphatic rings. The van der Waals surface area contributed by atoms with Crippen LogP contribution in [0.1, 0.15) is 22.4 Å². The SMILES string of the molecule is COc1ccc(S(=O)(=O)Nc2ccc(Nc3nc(C)cc(Nc4ccc(C)cc4)n3)cc2)c(C)c1C. The van der Waals surface area contributed by atoms with E-state index in [-0.39, 0.29) is 4.90 Å². The number of rotatable bonds is 8. The van der Waals surface area contributed by atoms with E-state index in [1.165, 1.54) is 5.56 Å². The molecule has 0 aliphatic carbocycles. The van der Waals surface area contributed by atoms with Gasteiger partial charge >= 0.3 is 0 Å². The van der Waals surface area contributed by atoms with Crippen LogP contribution >= 0.6 is 0 Å². The van der Waals surface area contributed by atoms with Gasteiger partial charge in [-0.25, -0.2) is 13.4 Å². The number of hydrogen-bond donors (Lipinski definition) is 3. The third-order valence-corrected chi connectivity index (χ3v) is 7.29. The summed E-state index contributed by atoms with van der Waals surface area (Å²) in [5.74, 6) is 1.75. The van der Waals surface area contributed by atoms with Gasteiger partial charge in [0, 0.05) is 28.8 Å². The molecule has 1 heterocycles. The lowest BCUT2D eigenvalue weighted by atomic mass is 10.1. The quantitative estimate of drug-likeness (QED) is 0.270. The van der Waals surface area contributed by atoms with E-state index < -0.39 is 10.0 Å². The Bertz CT molecular complexity index is 1490. The van der Waals surface area contributed by atoms with Crippen LogP contribution in [-0.2, 0) is 10.0 Å². The van der Waals surface area contributed by atoms with E-state index in [2.05, 4.69) is 25.3 Å². The van der Waals surface area contributed by atoms with Gasteiger partial charge in [0.2, 0.25) is 5.95 Å².